The van der Waals surface area contributed by atoms with E-state index < -0.39 is 0 Å². The van der Waals surface area contributed by atoms with Crippen LogP contribution in [-0.2, 0) is 4.79 Å². The summed E-state index contributed by atoms with van der Waals surface area (Å²) in [5, 5.41) is 14.2. The van der Waals surface area contributed by atoms with Crippen molar-refractivity contribution < 1.29 is 24.1 Å². The lowest BCUT2D eigenvalue weighted by Crippen LogP contribution is -2.29. The lowest BCUT2D eigenvalue weighted by molar-refractivity contribution is -0.123. The highest BCUT2D eigenvalue weighted by Crippen LogP contribution is 2.41. The van der Waals surface area contributed by atoms with Crippen LogP contribution in [0.2, 0.25) is 0 Å². The first-order valence-electron chi connectivity index (χ1n) is 10.9. The molecule has 1 aromatic heterocycles. The van der Waals surface area contributed by atoms with E-state index in [2.05, 4.69) is 17.2 Å². The third-order valence-electron chi connectivity index (χ3n) is 4.90. The molecule has 0 aliphatic carbocycles. The lowest BCUT2D eigenvalue weighted by atomic mass is 10.1. The van der Waals surface area contributed by atoms with Gasteiger partial charge in [0.15, 0.2) is 18.1 Å². The van der Waals surface area contributed by atoms with Crippen molar-refractivity contribution in [3.63, 3.8) is 0 Å². The highest BCUT2D eigenvalue weighted by Gasteiger charge is 2.15. The quantitative estimate of drug-likeness (QED) is 0.345. The standard InChI is InChI=1S/C24H30N2O5S/c1-4-5-6-7-8-11-25-23(27)15-30-21-13-18(12-20(29-3)24(21)28)31-17-9-10-19-22(14-17)32-16(2)26-19/h9-10,12-14,28H,4-8,11,15H2,1-3H3,(H,25,27). The second kappa shape index (κ2) is 11.6. The number of thiazole rings is 1. The van der Waals surface area contributed by atoms with Crippen LogP contribution in [0.25, 0.3) is 10.2 Å². The van der Waals surface area contributed by atoms with Gasteiger partial charge in [-0.25, -0.2) is 4.98 Å². The van der Waals surface area contributed by atoms with Crippen LogP contribution < -0.4 is 19.5 Å². The molecule has 7 nitrogen and oxygen atoms in total. The molecule has 0 aliphatic rings. The molecule has 2 aromatic carbocycles. The van der Waals surface area contributed by atoms with E-state index in [1.165, 1.54) is 32.4 Å². The van der Waals surface area contributed by atoms with Crippen molar-refractivity contribution in [3.05, 3.63) is 35.3 Å². The van der Waals surface area contributed by atoms with Crippen molar-refractivity contribution in [2.75, 3.05) is 20.3 Å². The maximum atomic E-state index is 12.1. The average molecular weight is 459 g/mol. The van der Waals surface area contributed by atoms with Gasteiger partial charge in [-0.3, -0.25) is 4.79 Å². The number of phenolic OH excluding ortho intramolecular Hbond substituents is 1. The number of aromatic nitrogens is 1. The highest BCUT2D eigenvalue weighted by atomic mass is 32.1. The molecule has 8 heteroatoms. The largest absolute Gasteiger partial charge is 0.502 e. The predicted octanol–water partition coefficient (Wildman–Crippen LogP) is 5.58. The topological polar surface area (TPSA) is 89.9 Å². The Morgan fingerprint density at radius 2 is 1.88 bits per heavy atom. The first-order valence-corrected chi connectivity index (χ1v) is 11.7. The monoisotopic (exact) mass is 458 g/mol. The molecule has 0 saturated heterocycles. The number of amides is 1. The zero-order valence-corrected chi connectivity index (χ0v) is 19.6. The number of ether oxygens (including phenoxy) is 3. The molecule has 0 fully saturated rings. The van der Waals surface area contributed by atoms with E-state index in [1.807, 2.05) is 25.1 Å². The number of carbonyl (C=O) groups is 1. The van der Waals surface area contributed by atoms with Crippen LogP contribution in [-0.4, -0.2) is 36.3 Å². The fourth-order valence-electron chi connectivity index (χ4n) is 3.25. The van der Waals surface area contributed by atoms with E-state index in [0.29, 0.717) is 18.0 Å². The van der Waals surface area contributed by atoms with Gasteiger partial charge in [-0.05, 0) is 25.5 Å². The number of unbranched alkanes of at least 4 members (excludes halogenated alkanes) is 4. The van der Waals surface area contributed by atoms with Gasteiger partial charge in [-0.2, -0.15) is 0 Å². The van der Waals surface area contributed by atoms with Crippen LogP contribution >= 0.6 is 11.3 Å². The molecule has 0 saturated carbocycles. The van der Waals surface area contributed by atoms with Crippen molar-refractivity contribution >= 4 is 27.5 Å². The summed E-state index contributed by atoms with van der Waals surface area (Å²) in [7, 11) is 1.44. The molecule has 0 atom stereocenters. The molecule has 2 N–H and O–H groups in total. The summed E-state index contributed by atoms with van der Waals surface area (Å²) in [4.78, 5) is 16.5. The minimum atomic E-state index is -0.240. The van der Waals surface area contributed by atoms with Crippen LogP contribution in [0.15, 0.2) is 30.3 Å². The third kappa shape index (κ3) is 6.50. The minimum absolute atomic E-state index is 0.118. The van der Waals surface area contributed by atoms with E-state index in [9.17, 15) is 9.90 Å². The molecular formula is C24H30N2O5S. The van der Waals surface area contributed by atoms with Gasteiger partial charge in [0.25, 0.3) is 5.91 Å². The molecule has 172 valence electrons. The Morgan fingerprint density at radius 1 is 1.09 bits per heavy atom. The minimum Gasteiger partial charge on any atom is -0.502 e. The Bertz CT molecular complexity index is 1050. The number of carbonyl (C=O) groups excluding carboxylic acids is 1. The number of phenols is 1. The molecule has 0 unspecified atom stereocenters. The SMILES string of the molecule is CCCCCCCNC(=O)COc1cc(Oc2ccc3nc(C)sc3c2)cc(OC)c1O. The summed E-state index contributed by atoms with van der Waals surface area (Å²) in [5.74, 6) is 0.944. The molecule has 3 rings (SSSR count). The molecule has 0 radical (unpaired) electrons. The summed E-state index contributed by atoms with van der Waals surface area (Å²) in [6.07, 6.45) is 5.62. The van der Waals surface area contributed by atoms with E-state index in [-0.39, 0.29) is 29.8 Å². The Labute approximate surface area is 192 Å². The number of hydrogen-bond acceptors (Lipinski definition) is 7. The van der Waals surface area contributed by atoms with Crippen molar-refractivity contribution in [1.29, 1.82) is 0 Å². The molecule has 32 heavy (non-hydrogen) atoms. The number of methoxy groups -OCH3 is 1. The summed E-state index contributed by atoms with van der Waals surface area (Å²) >= 11 is 1.59. The van der Waals surface area contributed by atoms with Gasteiger partial charge in [0.05, 0.1) is 22.3 Å². The number of benzene rings is 2. The summed E-state index contributed by atoms with van der Waals surface area (Å²) < 4.78 is 17.8. The zero-order valence-electron chi connectivity index (χ0n) is 18.8. The van der Waals surface area contributed by atoms with Crippen LogP contribution in [0.3, 0.4) is 0 Å². The molecule has 0 bridgehead atoms. The first-order chi connectivity index (χ1) is 15.5. The number of aromatic hydroxyl groups is 1. The molecule has 3 aromatic rings. The van der Waals surface area contributed by atoms with Crippen molar-refractivity contribution in [1.82, 2.24) is 10.3 Å². The smallest absolute Gasteiger partial charge is 0.257 e. The Hall–Kier alpha value is -3.00. The van der Waals surface area contributed by atoms with Gasteiger partial charge in [0.2, 0.25) is 5.75 Å². The van der Waals surface area contributed by atoms with E-state index in [1.54, 1.807) is 17.4 Å². The van der Waals surface area contributed by atoms with E-state index in [4.69, 9.17) is 14.2 Å². The fraction of sp³-hybridized carbons (Fsp3) is 0.417. The number of aryl methyl sites for hydroxylation is 1. The number of hydrogen-bond donors (Lipinski definition) is 2. The molecule has 0 aliphatic heterocycles. The van der Waals surface area contributed by atoms with E-state index >= 15 is 0 Å². The van der Waals surface area contributed by atoms with Crippen LogP contribution in [0.5, 0.6) is 28.7 Å². The maximum Gasteiger partial charge on any atom is 0.257 e. The molecular weight excluding hydrogens is 428 g/mol. The van der Waals surface area contributed by atoms with Crippen molar-refractivity contribution in [2.24, 2.45) is 0 Å². The maximum absolute atomic E-state index is 12.1. The molecule has 1 amide bonds. The van der Waals surface area contributed by atoms with Gasteiger partial charge in [0.1, 0.15) is 11.5 Å². The Kier molecular flexibility index (Phi) is 8.56. The third-order valence-corrected chi connectivity index (χ3v) is 5.83. The average Bonchev–Trinajstić information content (AvgIpc) is 3.15. The Morgan fingerprint density at radius 3 is 2.66 bits per heavy atom. The summed E-state index contributed by atoms with van der Waals surface area (Å²) in [6, 6.07) is 8.75. The second-order valence-corrected chi connectivity index (χ2v) is 8.72. The summed E-state index contributed by atoms with van der Waals surface area (Å²) in [5.41, 5.74) is 0.920. The number of nitrogens with zero attached hydrogens (tertiary/aromatic N) is 1. The van der Waals surface area contributed by atoms with Gasteiger partial charge in [0, 0.05) is 24.7 Å². The van der Waals surface area contributed by atoms with Gasteiger partial charge in [-0.1, -0.05) is 32.6 Å². The van der Waals surface area contributed by atoms with Gasteiger partial charge in [-0.15, -0.1) is 11.3 Å². The molecule has 1 heterocycles. The van der Waals surface area contributed by atoms with Crippen molar-refractivity contribution in [3.8, 4) is 28.7 Å². The van der Waals surface area contributed by atoms with Crippen LogP contribution in [0.1, 0.15) is 44.0 Å². The zero-order chi connectivity index (χ0) is 22.9. The normalized spacial score (nSPS) is 10.8. The number of fused-ring (bicyclic) bond motifs is 1. The lowest BCUT2D eigenvalue weighted by Gasteiger charge is -2.14. The van der Waals surface area contributed by atoms with Gasteiger partial charge < -0.3 is 24.6 Å². The highest BCUT2D eigenvalue weighted by molar-refractivity contribution is 7.18. The van der Waals surface area contributed by atoms with Crippen LogP contribution in [0.4, 0.5) is 0 Å². The fourth-order valence-corrected chi connectivity index (χ4v) is 4.11. The summed E-state index contributed by atoms with van der Waals surface area (Å²) in [6.45, 7) is 4.54. The number of nitrogens with one attached hydrogen (secondary N) is 1. The predicted molar refractivity (Wildman–Crippen MR) is 126 cm³/mol. The van der Waals surface area contributed by atoms with E-state index in [0.717, 1.165) is 28.1 Å². The number of rotatable bonds is 12. The Balaban J connectivity index is 1.62. The van der Waals surface area contributed by atoms with Crippen LogP contribution in [0, 0.1) is 6.92 Å². The van der Waals surface area contributed by atoms with Crippen molar-refractivity contribution in [2.45, 2.75) is 46.0 Å². The first kappa shape index (κ1) is 23.7. The molecule has 0 spiro atoms. The second-order valence-electron chi connectivity index (χ2n) is 7.49. The van der Waals surface area contributed by atoms with Gasteiger partial charge >= 0.3 is 0 Å².